The first kappa shape index (κ1) is 60.6. The number of ether oxygens (including phenoxy) is 5. The predicted molar refractivity (Wildman–Crippen MR) is 303 cm³/mol. The zero-order chi connectivity index (χ0) is 57.5. The van der Waals surface area contributed by atoms with Crippen molar-refractivity contribution >= 4 is 55.8 Å². The number of benzene rings is 3. The molecule has 3 aromatic carbocycles. The Bertz CT molecular complexity index is 3160. The molecule has 0 bridgehead atoms. The predicted octanol–water partition coefficient (Wildman–Crippen LogP) is 6.20. The Hall–Kier alpha value is -6.51. The van der Waals surface area contributed by atoms with Gasteiger partial charge in [-0.2, -0.15) is 10.1 Å². The molecular formula is C57H73FN10O11S2. The summed E-state index contributed by atoms with van der Waals surface area (Å²) in [5.74, 6) is -1.46. The number of sulfonamides is 1. The number of H-pyrrole nitrogens is 1. The van der Waals surface area contributed by atoms with Gasteiger partial charge in [0.05, 0.1) is 61.4 Å². The second-order valence-electron chi connectivity index (χ2n) is 21.3. The number of carbonyl (C=O) groups is 3. The summed E-state index contributed by atoms with van der Waals surface area (Å²) in [6, 6.07) is 16.4. The van der Waals surface area contributed by atoms with E-state index in [1.165, 1.54) is 17.0 Å². The molecule has 2 aliphatic heterocycles. The standard InChI is InChI=1S/C57H73FN10O11S2/c1-37-10-19-46(58)48(28-37)81(73,74)66-42-17-15-41(16-18-42)52-63-53-45(31-61-65-53)55(64-52)79-34-44-33-67(21-23-78-44)20-8-6-7-9-22-75-24-25-76-26-27-77-35-49(70)62-51(57(3,4)5)56(72)68-32-43(69)29-47(68)54(71)59-30-39-11-13-40(14-12-39)50-38(2)60-36-80-50/h10-19,28,31,36,43-44,47,51,66,69H,6-9,20-27,29-30,32-35H2,1-5H3,(H,59,71)(H,62,70)(H,61,63,64,65)/t43-,44+,47-,51+/m0/s1. The molecule has 0 radical (unpaired) electrons. The summed E-state index contributed by atoms with van der Waals surface area (Å²) in [5.41, 5.74) is 5.94. The van der Waals surface area contributed by atoms with Crippen LogP contribution in [0.25, 0.3) is 32.9 Å². The number of nitrogens with zero attached hydrogens (tertiary/aromatic N) is 6. The second-order valence-corrected chi connectivity index (χ2v) is 23.8. The third kappa shape index (κ3) is 17.0. The lowest BCUT2D eigenvalue weighted by Gasteiger charge is -2.35. The van der Waals surface area contributed by atoms with E-state index in [0.29, 0.717) is 66.8 Å². The zero-order valence-corrected chi connectivity index (χ0v) is 48.1. The van der Waals surface area contributed by atoms with E-state index in [1.807, 2.05) is 57.5 Å². The quantitative estimate of drug-likeness (QED) is 0.0343. The van der Waals surface area contributed by atoms with Crippen molar-refractivity contribution in [2.24, 2.45) is 5.41 Å². The first-order valence-electron chi connectivity index (χ1n) is 27.3. The molecule has 0 aliphatic carbocycles. The van der Waals surface area contributed by atoms with Gasteiger partial charge in [-0.3, -0.25) is 29.1 Å². The highest BCUT2D eigenvalue weighted by Gasteiger charge is 2.44. The van der Waals surface area contributed by atoms with E-state index in [1.54, 1.807) is 48.7 Å². The van der Waals surface area contributed by atoms with E-state index in [9.17, 15) is 32.3 Å². The van der Waals surface area contributed by atoms with Gasteiger partial charge >= 0.3 is 0 Å². The molecule has 81 heavy (non-hydrogen) atoms. The number of morpholine rings is 1. The number of nitrogens with one attached hydrogen (secondary N) is 4. The minimum atomic E-state index is -4.16. The molecular weight excluding hydrogens is 1080 g/mol. The summed E-state index contributed by atoms with van der Waals surface area (Å²) in [5, 5.41) is 23.9. The number of hydrogen-bond acceptors (Lipinski definition) is 17. The van der Waals surface area contributed by atoms with E-state index >= 15 is 0 Å². The minimum Gasteiger partial charge on any atom is -0.474 e. The van der Waals surface area contributed by atoms with Crippen LogP contribution < -0.4 is 20.1 Å². The number of aliphatic hydroxyl groups excluding tert-OH is 1. The Kier molecular flexibility index (Phi) is 21.3. The van der Waals surface area contributed by atoms with Gasteiger partial charge in [-0.05, 0) is 91.7 Å². The van der Waals surface area contributed by atoms with Crippen molar-refractivity contribution in [1.29, 1.82) is 0 Å². The number of aromatic nitrogens is 5. The number of β-amino-alcohol motifs (C(OH)–C–C–N with tert-alkyl or cyclic N) is 1. The number of halogens is 1. The number of aromatic amines is 1. The van der Waals surface area contributed by atoms with Crippen molar-refractivity contribution in [1.82, 2.24) is 45.6 Å². The molecule has 0 saturated carbocycles. The topological polar surface area (TPSA) is 262 Å². The highest BCUT2D eigenvalue weighted by Crippen LogP contribution is 2.30. The van der Waals surface area contributed by atoms with Crippen molar-refractivity contribution in [3.05, 3.63) is 101 Å². The number of likely N-dealkylation sites (tertiary alicyclic amines) is 1. The Labute approximate surface area is 475 Å². The molecule has 2 saturated heterocycles. The molecule has 2 fully saturated rings. The smallest absolute Gasteiger partial charge is 0.264 e. The number of thiazole rings is 1. The Morgan fingerprint density at radius 2 is 1.64 bits per heavy atom. The summed E-state index contributed by atoms with van der Waals surface area (Å²) in [6.07, 6.45) is 4.68. The van der Waals surface area contributed by atoms with Crippen LogP contribution in [0.1, 0.15) is 69.7 Å². The number of anilines is 1. The van der Waals surface area contributed by atoms with Gasteiger partial charge in [-0.1, -0.05) is 63.9 Å². The van der Waals surface area contributed by atoms with Crippen LogP contribution in [-0.4, -0.2) is 170 Å². The highest BCUT2D eigenvalue weighted by molar-refractivity contribution is 7.92. The number of aryl methyl sites for hydroxylation is 2. The highest BCUT2D eigenvalue weighted by atomic mass is 32.2. The lowest BCUT2D eigenvalue weighted by molar-refractivity contribution is -0.144. The van der Waals surface area contributed by atoms with Gasteiger partial charge in [0, 0.05) is 50.5 Å². The molecule has 0 unspecified atom stereocenters. The van der Waals surface area contributed by atoms with E-state index in [4.69, 9.17) is 23.7 Å². The van der Waals surface area contributed by atoms with E-state index < -0.39 is 56.2 Å². The number of amides is 3. The molecule has 436 valence electrons. The molecule has 0 spiro atoms. The summed E-state index contributed by atoms with van der Waals surface area (Å²) in [6.45, 7) is 14.3. The Morgan fingerprint density at radius 1 is 0.914 bits per heavy atom. The molecule has 8 rings (SSSR count). The minimum absolute atomic E-state index is 0.0206. The molecule has 3 aromatic heterocycles. The average Bonchev–Trinajstić information content (AvgIpc) is 4.35. The average molecular weight is 1160 g/mol. The molecule has 5 N–H and O–H groups in total. The maximum absolute atomic E-state index is 14.4. The third-order valence-corrected chi connectivity index (χ3v) is 16.3. The van der Waals surface area contributed by atoms with Gasteiger partial charge in [0.15, 0.2) is 11.5 Å². The maximum Gasteiger partial charge on any atom is 0.264 e. The molecule has 24 heteroatoms. The normalized spacial score (nSPS) is 17.3. The number of rotatable bonds is 28. The summed E-state index contributed by atoms with van der Waals surface area (Å²) in [7, 11) is -4.16. The number of hydrogen-bond donors (Lipinski definition) is 5. The van der Waals surface area contributed by atoms with Crippen molar-refractivity contribution < 1.29 is 56.0 Å². The molecule has 2 aliphatic rings. The van der Waals surface area contributed by atoms with Gasteiger partial charge in [0.2, 0.25) is 23.6 Å². The first-order chi connectivity index (χ1) is 38.9. The summed E-state index contributed by atoms with van der Waals surface area (Å²) < 4.78 is 72.0. The van der Waals surface area contributed by atoms with Crippen LogP contribution in [0.15, 0.2) is 83.3 Å². The monoisotopic (exact) mass is 1160 g/mol. The first-order valence-corrected chi connectivity index (χ1v) is 29.6. The van der Waals surface area contributed by atoms with Gasteiger partial charge in [-0.25, -0.2) is 22.8 Å². The molecule has 21 nitrogen and oxygen atoms in total. The van der Waals surface area contributed by atoms with Crippen molar-refractivity contribution in [3.8, 4) is 27.7 Å². The van der Waals surface area contributed by atoms with Gasteiger partial charge in [0.1, 0.15) is 47.5 Å². The lowest BCUT2D eigenvalue weighted by Crippen LogP contribution is -2.58. The van der Waals surface area contributed by atoms with E-state index in [-0.39, 0.29) is 63.6 Å². The number of aliphatic hydroxyl groups is 1. The Morgan fingerprint density at radius 3 is 2.38 bits per heavy atom. The molecule has 6 aromatic rings. The van der Waals surface area contributed by atoms with E-state index in [2.05, 4.69) is 45.4 Å². The van der Waals surface area contributed by atoms with Gasteiger partial charge < -0.3 is 44.3 Å². The Balaban J connectivity index is 0.660. The van der Waals surface area contributed by atoms with Crippen LogP contribution in [0.4, 0.5) is 10.1 Å². The maximum atomic E-state index is 14.4. The SMILES string of the molecule is Cc1ccc(F)c(S(=O)(=O)Nc2ccc(-c3nc(OC[C@H]4CN(CCCCCCOCCOCCOCC(=O)N[C@H](C(=O)N5C[C@@H](O)C[C@H]5C(=O)NCc5ccc(-c6scnc6C)cc5)C(C)(C)C)CCO4)c4cn[nH]c4n3)cc2)c1. The number of fused-ring (bicyclic) bond motifs is 1. The fourth-order valence-electron chi connectivity index (χ4n) is 9.50. The van der Waals surface area contributed by atoms with Crippen LogP contribution in [0.3, 0.4) is 0 Å². The molecule has 3 amide bonds. The lowest BCUT2D eigenvalue weighted by atomic mass is 9.85. The largest absolute Gasteiger partial charge is 0.474 e. The number of carbonyl (C=O) groups excluding carboxylic acids is 3. The third-order valence-electron chi connectivity index (χ3n) is 13.9. The van der Waals surface area contributed by atoms with Crippen molar-refractivity contribution in [3.63, 3.8) is 0 Å². The fraction of sp³-hybridized carbons (Fsp3) is 0.491. The molecule has 4 atom stereocenters. The van der Waals surface area contributed by atoms with Crippen LogP contribution in [-0.2, 0) is 49.9 Å². The van der Waals surface area contributed by atoms with Crippen molar-refractivity contribution in [2.75, 3.05) is 83.8 Å². The molecule has 5 heterocycles. The fourth-order valence-corrected chi connectivity index (χ4v) is 11.5. The zero-order valence-electron chi connectivity index (χ0n) is 46.5. The van der Waals surface area contributed by atoms with Crippen molar-refractivity contribution in [2.45, 2.75) is 102 Å². The van der Waals surface area contributed by atoms with Crippen LogP contribution in [0.2, 0.25) is 0 Å². The van der Waals surface area contributed by atoms with Crippen LogP contribution >= 0.6 is 11.3 Å². The second kappa shape index (κ2) is 28.5. The number of unbranched alkanes of at least 4 members (excludes halogenated alkanes) is 3. The van der Waals surface area contributed by atoms with E-state index in [0.717, 1.165) is 66.5 Å². The van der Waals surface area contributed by atoms with Gasteiger partial charge in [-0.15, -0.1) is 11.3 Å². The van der Waals surface area contributed by atoms with Gasteiger partial charge in [0.25, 0.3) is 10.0 Å². The van der Waals surface area contributed by atoms with Crippen LogP contribution in [0, 0.1) is 25.1 Å². The van der Waals surface area contributed by atoms with Crippen LogP contribution in [0.5, 0.6) is 5.88 Å². The summed E-state index contributed by atoms with van der Waals surface area (Å²) in [4.78, 5) is 58.4. The summed E-state index contributed by atoms with van der Waals surface area (Å²) >= 11 is 1.57.